The summed E-state index contributed by atoms with van der Waals surface area (Å²) in [6.45, 7) is 3.93. The summed E-state index contributed by atoms with van der Waals surface area (Å²) in [4.78, 5) is 17.7. The van der Waals surface area contributed by atoms with Gasteiger partial charge in [-0.25, -0.2) is 0 Å². The Kier molecular flexibility index (Phi) is 3.95. The Labute approximate surface area is 113 Å². The summed E-state index contributed by atoms with van der Waals surface area (Å²) in [6.07, 6.45) is 3.99. The molecule has 1 aromatic carbocycles. The van der Waals surface area contributed by atoms with E-state index in [1.807, 2.05) is 25.1 Å². The zero-order valence-corrected chi connectivity index (χ0v) is 11.6. The number of nitrogens with zero attached hydrogens (tertiary/aromatic N) is 2. The Bertz CT molecular complexity index is 593. The van der Waals surface area contributed by atoms with Gasteiger partial charge in [0, 0.05) is 25.2 Å². The zero-order chi connectivity index (χ0) is 13.8. The Morgan fingerprint density at radius 3 is 2.63 bits per heavy atom. The number of aromatic nitrogens is 1. The monoisotopic (exact) mass is 254 g/mol. The minimum absolute atomic E-state index is 0.0860. The molecule has 0 aliphatic carbocycles. The van der Waals surface area contributed by atoms with Crippen LogP contribution in [-0.4, -0.2) is 17.9 Å². The number of hydrogen-bond donors (Lipinski definition) is 0. The van der Waals surface area contributed by atoms with Crippen molar-refractivity contribution in [3.8, 4) is 11.1 Å². The van der Waals surface area contributed by atoms with Crippen LogP contribution in [0, 0.1) is 6.92 Å². The summed E-state index contributed by atoms with van der Waals surface area (Å²) in [6, 6.07) is 10.1. The van der Waals surface area contributed by atoms with Crippen LogP contribution in [0.5, 0.6) is 0 Å². The molecule has 0 aliphatic rings. The van der Waals surface area contributed by atoms with Crippen LogP contribution in [0.25, 0.3) is 11.1 Å². The number of aryl methyl sites for hydroxylation is 1. The molecule has 0 atom stereocenters. The van der Waals surface area contributed by atoms with Crippen molar-refractivity contribution in [1.29, 1.82) is 0 Å². The van der Waals surface area contributed by atoms with Gasteiger partial charge in [0.1, 0.15) is 0 Å². The fraction of sp³-hybridized carbons (Fsp3) is 0.250. The van der Waals surface area contributed by atoms with E-state index in [0.717, 1.165) is 16.8 Å². The molecule has 19 heavy (non-hydrogen) atoms. The predicted octanol–water partition coefficient (Wildman–Crippen LogP) is 3.43. The molecule has 2 rings (SSSR count). The van der Waals surface area contributed by atoms with Crippen molar-refractivity contribution in [3.05, 3.63) is 48.3 Å². The molecule has 0 bridgehead atoms. The van der Waals surface area contributed by atoms with E-state index in [0.29, 0.717) is 6.42 Å². The van der Waals surface area contributed by atoms with Crippen LogP contribution in [-0.2, 0) is 4.79 Å². The van der Waals surface area contributed by atoms with E-state index < -0.39 is 0 Å². The molecule has 1 aromatic heterocycles. The first-order valence-corrected chi connectivity index (χ1v) is 6.41. The molecule has 0 fully saturated rings. The number of carbonyl (C=O) groups is 1. The molecular weight excluding hydrogens is 236 g/mol. The quantitative estimate of drug-likeness (QED) is 0.840. The van der Waals surface area contributed by atoms with Crippen LogP contribution in [0.4, 0.5) is 5.69 Å². The van der Waals surface area contributed by atoms with E-state index in [1.165, 1.54) is 5.56 Å². The number of hydrogen-bond acceptors (Lipinski definition) is 2. The largest absolute Gasteiger partial charge is 0.313 e. The van der Waals surface area contributed by atoms with Crippen LogP contribution < -0.4 is 4.90 Å². The summed E-state index contributed by atoms with van der Waals surface area (Å²) in [5, 5.41) is 0. The fourth-order valence-electron chi connectivity index (χ4n) is 2.13. The van der Waals surface area contributed by atoms with Gasteiger partial charge >= 0.3 is 0 Å². The first-order chi connectivity index (χ1) is 9.15. The van der Waals surface area contributed by atoms with Crippen molar-refractivity contribution >= 4 is 11.6 Å². The molecule has 2 aromatic rings. The molecule has 3 nitrogen and oxygen atoms in total. The second-order valence-electron chi connectivity index (χ2n) is 4.51. The van der Waals surface area contributed by atoms with Gasteiger partial charge in [-0.2, -0.15) is 0 Å². The maximum absolute atomic E-state index is 11.9. The average Bonchev–Trinajstić information content (AvgIpc) is 2.46. The molecule has 0 unspecified atom stereocenters. The van der Waals surface area contributed by atoms with Crippen LogP contribution in [0.3, 0.4) is 0 Å². The van der Waals surface area contributed by atoms with E-state index >= 15 is 0 Å². The standard InChI is InChI=1S/C16H18N2O/c1-4-16(19)18(3)15-11-17-10-9-14(15)13-8-6-5-7-12(13)2/h5-11H,4H2,1-3H3. The Balaban J connectivity index is 2.54. The van der Waals surface area contributed by atoms with Gasteiger partial charge in [-0.05, 0) is 24.1 Å². The normalized spacial score (nSPS) is 10.3. The Morgan fingerprint density at radius 1 is 1.21 bits per heavy atom. The predicted molar refractivity (Wildman–Crippen MR) is 78.1 cm³/mol. The lowest BCUT2D eigenvalue weighted by Gasteiger charge is -2.20. The van der Waals surface area contributed by atoms with Gasteiger partial charge in [0.05, 0.1) is 11.9 Å². The number of amides is 1. The molecule has 0 radical (unpaired) electrons. The molecule has 0 saturated heterocycles. The van der Waals surface area contributed by atoms with Crippen molar-refractivity contribution in [3.63, 3.8) is 0 Å². The van der Waals surface area contributed by atoms with Crippen LogP contribution in [0.15, 0.2) is 42.7 Å². The summed E-state index contributed by atoms with van der Waals surface area (Å²) < 4.78 is 0. The van der Waals surface area contributed by atoms with Crippen LogP contribution in [0.2, 0.25) is 0 Å². The van der Waals surface area contributed by atoms with Gasteiger partial charge in [0.25, 0.3) is 0 Å². The maximum atomic E-state index is 11.9. The van der Waals surface area contributed by atoms with Gasteiger partial charge in [0.15, 0.2) is 0 Å². The van der Waals surface area contributed by atoms with E-state index in [2.05, 4.69) is 24.0 Å². The molecule has 0 saturated carbocycles. The highest BCUT2D eigenvalue weighted by atomic mass is 16.2. The molecule has 1 amide bonds. The van der Waals surface area contributed by atoms with Crippen molar-refractivity contribution < 1.29 is 4.79 Å². The van der Waals surface area contributed by atoms with E-state index in [4.69, 9.17) is 0 Å². The molecule has 98 valence electrons. The highest BCUT2D eigenvalue weighted by Gasteiger charge is 2.14. The lowest BCUT2D eigenvalue weighted by atomic mass is 10.00. The third-order valence-electron chi connectivity index (χ3n) is 3.27. The Morgan fingerprint density at radius 2 is 1.95 bits per heavy atom. The molecule has 0 spiro atoms. The molecule has 0 N–H and O–H groups in total. The van der Waals surface area contributed by atoms with E-state index in [9.17, 15) is 4.79 Å². The Hall–Kier alpha value is -2.16. The third kappa shape index (κ3) is 2.65. The number of anilines is 1. The van der Waals surface area contributed by atoms with Gasteiger partial charge < -0.3 is 4.90 Å². The van der Waals surface area contributed by atoms with Crippen molar-refractivity contribution in [2.24, 2.45) is 0 Å². The molecular formula is C16H18N2O. The van der Waals surface area contributed by atoms with E-state index in [1.54, 1.807) is 24.3 Å². The number of benzene rings is 1. The van der Waals surface area contributed by atoms with Gasteiger partial charge in [-0.1, -0.05) is 31.2 Å². The maximum Gasteiger partial charge on any atom is 0.226 e. The average molecular weight is 254 g/mol. The first-order valence-electron chi connectivity index (χ1n) is 6.41. The van der Waals surface area contributed by atoms with Gasteiger partial charge in [0.2, 0.25) is 5.91 Å². The van der Waals surface area contributed by atoms with Crippen molar-refractivity contribution in [2.75, 3.05) is 11.9 Å². The molecule has 1 heterocycles. The van der Waals surface area contributed by atoms with Crippen LogP contribution >= 0.6 is 0 Å². The van der Waals surface area contributed by atoms with E-state index in [-0.39, 0.29) is 5.91 Å². The lowest BCUT2D eigenvalue weighted by Crippen LogP contribution is -2.25. The van der Waals surface area contributed by atoms with Crippen molar-refractivity contribution in [2.45, 2.75) is 20.3 Å². The highest BCUT2D eigenvalue weighted by molar-refractivity contribution is 5.97. The second-order valence-corrected chi connectivity index (χ2v) is 4.51. The SMILES string of the molecule is CCC(=O)N(C)c1cnccc1-c1ccccc1C. The smallest absolute Gasteiger partial charge is 0.226 e. The summed E-state index contributed by atoms with van der Waals surface area (Å²) in [7, 11) is 1.80. The minimum Gasteiger partial charge on any atom is -0.313 e. The molecule has 0 aliphatic heterocycles. The summed E-state index contributed by atoms with van der Waals surface area (Å²) >= 11 is 0. The van der Waals surface area contributed by atoms with Crippen molar-refractivity contribution in [1.82, 2.24) is 4.98 Å². The number of pyridine rings is 1. The first kappa shape index (κ1) is 13.3. The van der Waals surface area contributed by atoms with Gasteiger partial charge in [-0.3, -0.25) is 9.78 Å². The van der Waals surface area contributed by atoms with Gasteiger partial charge in [-0.15, -0.1) is 0 Å². The highest BCUT2D eigenvalue weighted by Crippen LogP contribution is 2.31. The summed E-state index contributed by atoms with van der Waals surface area (Å²) in [5.41, 5.74) is 4.21. The number of carbonyl (C=O) groups excluding carboxylic acids is 1. The third-order valence-corrected chi connectivity index (χ3v) is 3.27. The zero-order valence-electron chi connectivity index (χ0n) is 11.6. The second kappa shape index (κ2) is 5.65. The lowest BCUT2D eigenvalue weighted by molar-refractivity contribution is -0.118. The fourth-order valence-corrected chi connectivity index (χ4v) is 2.13. The van der Waals surface area contributed by atoms with Crippen LogP contribution in [0.1, 0.15) is 18.9 Å². The number of rotatable bonds is 3. The minimum atomic E-state index is 0.0860. The summed E-state index contributed by atoms with van der Waals surface area (Å²) in [5.74, 6) is 0.0860. The topological polar surface area (TPSA) is 33.2 Å². The molecule has 3 heteroatoms.